The Morgan fingerprint density at radius 3 is 1.55 bits per heavy atom. The zero-order valence-electron chi connectivity index (χ0n) is 17.6. The van der Waals surface area contributed by atoms with E-state index in [1.54, 1.807) is 0 Å². The van der Waals surface area contributed by atoms with E-state index < -0.39 is 0 Å². The van der Waals surface area contributed by atoms with Gasteiger partial charge in [-0.05, 0) is 17.5 Å². The van der Waals surface area contributed by atoms with Gasteiger partial charge in [0.2, 0.25) is 0 Å². The van der Waals surface area contributed by atoms with Gasteiger partial charge in [-0.1, -0.05) is 101 Å². The Hall–Kier alpha value is -0.626. The first-order valence-corrected chi connectivity index (χ1v) is 9.46. The van der Waals surface area contributed by atoms with E-state index in [-0.39, 0.29) is 64.4 Å². The molecule has 0 aliphatic rings. The van der Waals surface area contributed by atoms with E-state index >= 15 is 0 Å². The molecule has 0 aliphatic heterocycles. The largest absolute Gasteiger partial charge is 4.00 e. The molecule has 4 heteroatoms. The first-order valence-electron chi connectivity index (χ1n) is 9.46. The zero-order valence-corrected chi connectivity index (χ0v) is 21.4. The number of hydrogen-bond donors (Lipinski definition) is 0. The Morgan fingerprint density at radius 2 is 1.21 bits per heavy atom. The van der Waals surface area contributed by atoms with Gasteiger partial charge >= 0.3 is 21.7 Å². The minimum atomic E-state index is -0.0685. The molecule has 0 fully saturated rings. The molecule has 0 amide bonds. The second-order valence-corrected chi connectivity index (χ2v) is 7.25. The summed E-state index contributed by atoms with van der Waals surface area (Å²) < 4.78 is 0. The maximum absolute atomic E-state index is 2.36. The molecule has 0 bridgehead atoms. The van der Waals surface area contributed by atoms with Crippen molar-refractivity contribution in [3.8, 4) is 0 Å². The molecule has 3 rings (SSSR count). The summed E-state index contributed by atoms with van der Waals surface area (Å²) in [4.78, 5) is 0. The Bertz CT molecular complexity index is 787. The van der Waals surface area contributed by atoms with Crippen molar-refractivity contribution < 1.29 is 58.9 Å². The molecule has 0 aromatic heterocycles. The minimum absolute atomic E-state index is 0. The topological polar surface area (TPSA) is 0 Å². The molecule has 0 heterocycles. The van der Waals surface area contributed by atoms with Crippen molar-refractivity contribution in [2.75, 3.05) is 0 Å². The summed E-state index contributed by atoms with van der Waals surface area (Å²) >= 11 is 0. The normalized spacial score (nSPS) is 10.1. The van der Waals surface area contributed by atoms with Crippen LogP contribution < -0.4 is 37.2 Å². The van der Waals surface area contributed by atoms with E-state index in [1.165, 1.54) is 46.2 Å². The molecule has 0 unspecified atom stereocenters. The van der Waals surface area contributed by atoms with E-state index in [2.05, 4.69) is 94.4 Å². The van der Waals surface area contributed by atoms with Crippen molar-refractivity contribution in [3.63, 3.8) is 0 Å². The maximum atomic E-state index is 2.36. The van der Waals surface area contributed by atoms with Crippen molar-refractivity contribution in [1.29, 1.82) is 0 Å². The van der Waals surface area contributed by atoms with E-state index in [9.17, 15) is 0 Å². The number of benzene rings is 2. The van der Waals surface area contributed by atoms with Crippen LogP contribution in [-0.2, 0) is 27.1 Å². The number of rotatable bonds is 6. The number of halogens is 3. The first-order chi connectivity index (χ1) is 12.1. The first kappa shape index (κ1) is 30.6. The Balaban J connectivity index is 0. The van der Waals surface area contributed by atoms with Crippen molar-refractivity contribution >= 4 is 0 Å². The maximum Gasteiger partial charge on any atom is 4.00 e. The van der Waals surface area contributed by atoms with Crippen LogP contribution in [0, 0.1) is 20.8 Å². The molecule has 3 aromatic carbocycles. The van der Waals surface area contributed by atoms with Gasteiger partial charge < -0.3 is 37.2 Å². The van der Waals surface area contributed by atoms with Gasteiger partial charge in [-0.25, -0.2) is 6.07 Å². The number of aryl methyl sites for hydroxylation is 2. The van der Waals surface area contributed by atoms with Crippen LogP contribution in [0.3, 0.4) is 0 Å². The SMILES string of the molecule is CCCCC(c1ccccc1)(c1ccccc1)[c-]1c(C)cc(C)c1C.[Cl-].[Cl-].[Cl-].[Ti+4]. The van der Waals surface area contributed by atoms with Crippen LogP contribution in [0.15, 0.2) is 66.7 Å². The Kier molecular flexibility index (Phi) is 14.4. The number of unbranched alkanes of at least 4 members (excludes halogenated alkanes) is 1. The third kappa shape index (κ3) is 5.96. The predicted molar refractivity (Wildman–Crippen MR) is 109 cm³/mol. The molecule has 0 radical (unpaired) electrons. The third-order valence-corrected chi connectivity index (χ3v) is 5.66. The zero-order chi connectivity index (χ0) is 17.9. The minimum Gasteiger partial charge on any atom is -1.00 e. The van der Waals surface area contributed by atoms with Crippen molar-refractivity contribution in [1.82, 2.24) is 0 Å². The van der Waals surface area contributed by atoms with Gasteiger partial charge in [-0.2, -0.15) is 16.7 Å². The van der Waals surface area contributed by atoms with Gasteiger partial charge in [-0.3, -0.25) is 0 Å². The fourth-order valence-electron chi connectivity index (χ4n) is 4.41. The molecule has 0 aliphatic carbocycles. The van der Waals surface area contributed by atoms with Crippen LogP contribution in [0.2, 0.25) is 0 Å². The smallest absolute Gasteiger partial charge is 1.00 e. The fraction of sp³-hybridized carbons (Fsp3) is 0.320. The molecule has 154 valence electrons. The summed E-state index contributed by atoms with van der Waals surface area (Å²) in [5.74, 6) is 0. The van der Waals surface area contributed by atoms with Crippen molar-refractivity contribution in [2.24, 2.45) is 0 Å². The van der Waals surface area contributed by atoms with Gasteiger partial charge in [0.1, 0.15) is 0 Å². The molecule has 3 aromatic rings. The summed E-state index contributed by atoms with van der Waals surface area (Å²) in [6.45, 7) is 9.11. The van der Waals surface area contributed by atoms with E-state index in [4.69, 9.17) is 0 Å². The summed E-state index contributed by atoms with van der Waals surface area (Å²) in [5.41, 5.74) is 8.52. The van der Waals surface area contributed by atoms with Crippen LogP contribution in [0.4, 0.5) is 0 Å². The summed E-state index contributed by atoms with van der Waals surface area (Å²) in [6.07, 6.45) is 3.56. The fourth-order valence-corrected chi connectivity index (χ4v) is 4.41. The molecule has 0 spiro atoms. The molecule has 0 N–H and O–H groups in total. The molecular formula is C25H29Cl3Ti. The molecule has 0 saturated heterocycles. The van der Waals surface area contributed by atoms with Crippen LogP contribution in [0.5, 0.6) is 0 Å². The van der Waals surface area contributed by atoms with E-state index in [0.29, 0.717) is 0 Å². The van der Waals surface area contributed by atoms with Crippen LogP contribution in [0.1, 0.15) is 59.6 Å². The monoisotopic (exact) mass is 482 g/mol. The standard InChI is InChI=1S/C25H29.3ClH.Ti/c1-5-6-17-25(22-13-9-7-10-14-22,23-15-11-8-12-16-23)24-20(3)18-19(2)21(24)4;;;;/h7-16,18H,5-6,17H2,1-4H3;3*1H;/q-1;;;;+4/p-3. The summed E-state index contributed by atoms with van der Waals surface area (Å²) in [5, 5.41) is 0. The summed E-state index contributed by atoms with van der Waals surface area (Å²) in [6, 6.07) is 24.6. The quantitative estimate of drug-likeness (QED) is 0.278. The van der Waals surface area contributed by atoms with E-state index in [0.717, 1.165) is 6.42 Å². The number of hydrogen-bond acceptors (Lipinski definition) is 0. The Labute approximate surface area is 210 Å². The molecule has 29 heavy (non-hydrogen) atoms. The molecule has 0 saturated carbocycles. The molecule has 0 atom stereocenters. The van der Waals surface area contributed by atoms with Gasteiger partial charge in [-0.15, -0.1) is 5.56 Å². The van der Waals surface area contributed by atoms with Gasteiger partial charge in [0.25, 0.3) is 0 Å². The van der Waals surface area contributed by atoms with Crippen LogP contribution >= 0.6 is 0 Å². The second-order valence-electron chi connectivity index (χ2n) is 7.25. The second kappa shape index (κ2) is 13.6. The average Bonchev–Trinajstić information content (AvgIpc) is 2.91. The molecule has 0 nitrogen and oxygen atoms in total. The Morgan fingerprint density at radius 1 is 0.759 bits per heavy atom. The van der Waals surface area contributed by atoms with Gasteiger partial charge in [0.15, 0.2) is 0 Å². The summed E-state index contributed by atoms with van der Waals surface area (Å²) in [7, 11) is 0. The van der Waals surface area contributed by atoms with Crippen molar-refractivity contribution in [3.05, 3.63) is 100 Å². The van der Waals surface area contributed by atoms with Gasteiger partial charge in [0, 0.05) is 5.41 Å². The van der Waals surface area contributed by atoms with Crippen LogP contribution in [-0.4, -0.2) is 0 Å². The van der Waals surface area contributed by atoms with Crippen LogP contribution in [0.25, 0.3) is 0 Å². The molecular weight excluding hydrogens is 455 g/mol. The van der Waals surface area contributed by atoms with E-state index in [1.807, 2.05) is 0 Å². The third-order valence-electron chi connectivity index (χ3n) is 5.66. The van der Waals surface area contributed by atoms with Crippen molar-refractivity contribution in [2.45, 2.75) is 52.4 Å². The average molecular weight is 484 g/mol. The van der Waals surface area contributed by atoms with Gasteiger partial charge in [0.05, 0.1) is 0 Å². The predicted octanol–water partition coefficient (Wildman–Crippen LogP) is -2.14.